The highest BCUT2D eigenvalue weighted by Crippen LogP contribution is 2.25. The topological polar surface area (TPSA) is 67.2 Å². The second-order valence-electron chi connectivity index (χ2n) is 7.66. The Balaban J connectivity index is 1.50. The zero-order valence-corrected chi connectivity index (χ0v) is 17.3. The standard InChI is InChI=1S/C24H25FN4O2/c25-19-9-11-20(12-10-19)29-22(17-21(27-29)18-7-3-1-4-8-18)26-23(30)13-14-24(31)28-15-5-2-6-16-28/h1,3-4,7-12,17H,2,5-6,13-16H2,(H,26,30). The molecule has 2 aromatic carbocycles. The predicted octanol–water partition coefficient (Wildman–Crippen LogP) is 4.41. The van der Waals surface area contributed by atoms with Crippen LogP contribution in [0.15, 0.2) is 60.7 Å². The average molecular weight is 420 g/mol. The van der Waals surface area contributed by atoms with Gasteiger partial charge in [0.1, 0.15) is 11.6 Å². The highest BCUT2D eigenvalue weighted by molar-refractivity contribution is 5.93. The van der Waals surface area contributed by atoms with E-state index in [9.17, 15) is 14.0 Å². The molecule has 160 valence electrons. The average Bonchev–Trinajstić information content (AvgIpc) is 3.23. The lowest BCUT2D eigenvalue weighted by Crippen LogP contribution is -2.36. The molecule has 1 aliphatic heterocycles. The van der Waals surface area contributed by atoms with E-state index in [1.807, 2.05) is 35.2 Å². The summed E-state index contributed by atoms with van der Waals surface area (Å²) in [4.78, 5) is 26.8. The van der Waals surface area contributed by atoms with Crippen molar-refractivity contribution in [1.82, 2.24) is 14.7 Å². The zero-order valence-electron chi connectivity index (χ0n) is 17.3. The van der Waals surface area contributed by atoms with Crippen LogP contribution in [-0.4, -0.2) is 39.6 Å². The van der Waals surface area contributed by atoms with Crippen molar-refractivity contribution >= 4 is 17.6 Å². The van der Waals surface area contributed by atoms with Gasteiger partial charge in [-0.1, -0.05) is 30.3 Å². The summed E-state index contributed by atoms with van der Waals surface area (Å²) in [7, 11) is 0. The molecule has 1 aliphatic rings. The molecule has 0 spiro atoms. The van der Waals surface area contributed by atoms with Crippen molar-refractivity contribution in [1.29, 1.82) is 0 Å². The van der Waals surface area contributed by atoms with Gasteiger partial charge in [-0.2, -0.15) is 5.10 Å². The van der Waals surface area contributed by atoms with Gasteiger partial charge in [-0.05, 0) is 43.5 Å². The Morgan fingerprint density at radius 3 is 2.35 bits per heavy atom. The Kier molecular flexibility index (Phi) is 6.40. The molecule has 0 unspecified atom stereocenters. The van der Waals surface area contributed by atoms with Gasteiger partial charge in [0.05, 0.1) is 11.4 Å². The van der Waals surface area contributed by atoms with Crippen molar-refractivity contribution in [2.24, 2.45) is 0 Å². The Morgan fingerprint density at radius 1 is 0.935 bits per heavy atom. The number of piperidine rings is 1. The van der Waals surface area contributed by atoms with Gasteiger partial charge in [-0.3, -0.25) is 9.59 Å². The largest absolute Gasteiger partial charge is 0.343 e. The molecule has 4 rings (SSSR count). The molecule has 0 radical (unpaired) electrons. The maximum atomic E-state index is 13.4. The number of likely N-dealkylation sites (tertiary alicyclic amines) is 1. The summed E-state index contributed by atoms with van der Waals surface area (Å²) in [6, 6.07) is 17.3. The van der Waals surface area contributed by atoms with Gasteiger partial charge in [0.2, 0.25) is 11.8 Å². The van der Waals surface area contributed by atoms with E-state index in [4.69, 9.17) is 0 Å². The number of carbonyl (C=O) groups excluding carboxylic acids is 2. The molecule has 31 heavy (non-hydrogen) atoms. The van der Waals surface area contributed by atoms with E-state index in [0.29, 0.717) is 17.2 Å². The molecular formula is C24H25FN4O2. The first-order valence-corrected chi connectivity index (χ1v) is 10.6. The molecule has 0 aliphatic carbocycles. The molecule has 1 saturated heterocycles. The number of hydrogen-bond acceptors (Lipinski definition) is 3. The van der Waals surface area contributed by atoms with Crippen LogP contribution in [0.1, 0.15) is 32.1 Å². The second kappa shape index (κ2) is 9.55. The SMILES string of the molecule is O=C(CCC(=O)N1CCCCC1)Nc1cc(-c2ccccc2)nn1-c1ccc(F)cc1. The summed E-state index contributed by atoms with van der Waals surface area (Å²) in [5.74, 6) is -0.109. The molecule has 0 saturated carbocycles. The molecule has 7 heteroatoms. The van der Waals surface area contributed by atoms with Crippen LogP contribution in [0.4, 0.5) is 10.2 Å². The fourth-order valence-electron chi connectivity index (χ4n) is 3.73. The number of halogens is 1. The highest BCUT2D eigenvalue weighted by Gasteiger charge is 2.19. The van der Waals surface area contributed by atoms with Crippen LogP contribution in [0, 0.1) is 5.82 Å². The van der Waals surface area contributed by atoms with Crippen molar-refractivity contribution in [2.75, 3.05) is 18.4 Å². The lowest BCUT2D eigenvalue weighted by atomic mass is 10.1. The highest BCUT2D eigenvalue weighted by atomic mass is 19.1. The Bertz CT molecular complexity index is 1040. The summed E-state index contributed by atoms with van der Waals surface area (Å²) in [5, 5.41) is 7.48. The van der Waals surface area contributed by atoms with Gasteiger partial charge in [0, 0.05) is 37.6 Å². The number of amides is 2. The summed E-state index contributed by atoms with van der Waals surface area (Å²) in [5.41, 5.74) is 2.21. The first-order chi connectivity index (χ1) is 15.1. The van der Waals surface area contributed by atoms with Crippen molar-refractivity contribution in [2.45, 2.75) is 32.1 Å². The normalized spacial score (nSPS) is 13.8. The van der Waals surface area contributed by atoms with Crippen LogP contribution < -0.4 is 5.32 Å². The van der Waals surface area contributed by atoms with Crippen molar-refractivity contribution in [3.63, 3.8) is 0 Å². The number of rotatable bonds is 6. The third-order valence-corrected chi connectivity index (χ3v) is 5.39. The summed E-state index contributed by atoms with van der Waals surface area (Å²) < 4.78 is 15.0. The number of anilines is 1. The minimum absolute atomic E-state index is 0.0202. The molecular weight excluding hydrogens is 395 g/mol. The van der Waals surface area contributed by atoms with Crippen LogP contribution in [0.25, 0.3) is 16.9 Å². The molecule has 2 heterocycles. The van der Waals surface area contributed by atoms with E-state index < -0.39 is 0 Å². The third-order valence-electron chi connectivity index (χ3n) is 5.39. The second-order valence-corrected chi connectivity index (χ2v) is 7.66. The smallest absolute Gasteiger partial charge is 0.226 e. The van der Waals surface area contributed by atoms with E-state index >= 15 is 0 Å². The number of nitrogens with one attached hydrogen (secondary N) is 1. The first-order valence-electron chi connectivity index (χ1n) is 10.6. The molecule has 1 aromatic heterocycles. The lowest BCUT2D eigenvalue weighted by molar-refractivity contribution is -0.133. The maximum absolute atomic E-state index is 13.4. The van der Waals surface area contributed by atoms with Crippen molar-refractivity contribution in [3.8, 4) is 16.9 Å². The van der Waals surface area contributed by atoms with E-state index in [1.54, 1.807) is 22.9 Å². The van der Waals surface area contributed by atoms with Gasteiger partial charge in [0.15, 0.2) is 0 Å². The monoisotopic (exact) mass is 420 g/mol. The summed E-state index contributed by atoms with van der Waals surface area (Å²) >= 11 is 0. The van der Waals surface area contributed by atoms with Crippen LogP contribution >= 0.6 is 0 Å². The number of nitrogens with zero attached hydrogens (tertiary/aromatic N) is 3. The van der Waals surface area contributed by atoms with Gasteiger partial charge in [-0.15, -0.1) is 0 Å². The van der Waals surface area contributed by atoms with Gasteiger partial charge >= 0.3 is 0 Å². The Morgan fingerprint density at radius 2 is 1.65 bits per heavy atom. The van der Waals surface area contributed by atoms with E-state index in [0.717, 1.165) is 37.9 Å². The molecule has 6 nitrogen and oxygen atoms in total. The predicted molar refractivity (Wildman–Crippen MR) is 117 cm³/mol. The first kappa shape index (κ1) is 20.8. The van der Waals surface area contributed by atoms with Gasteiger partial charge in [-0.25, -0.2) is 9.07 Å². The van der Waals surface area contributed by atoms with Crippen molar-refractivity contribution < 1.29 is 14.0 Å². The molecule has 1 fully saturated rings. The van der Waals surface area contributed by atoms with Crippen molar-refractivity contribution in [3.05, 3.63) is 66.5 Å². The molecule has 0 atom stereocenters. The third kappa shape index (κ3) is 5.17. The minimum atomic E-state index is -0.346. The molecule has 0 bridgehead atoms. The fourth-order valence-corrected chi connectivity index (χ4v) is 3.73. The number of benzene rings is 2. The molecule has 2 amide bonds. The minimum Gasteiger partial charge on any atom is -0.343 e. The van der Waals surface area contributed by atoms with Gasteiger partial charge in [0.25, 0.3) is 0 Å². The quantitative estimate of drug-likeness (QED) is 0.642. The van der Waals surface area contributed by atoms with Crippen LogP contribution in [0.5, 0.6) is 0 Å². The Labute approximate surface area is 180 Å². The molecule has 1 N–H and O–H groups in total. The van der Waals surface area contributed by atoms with Gasteiger partial charge < -0.3 is 10.2 Å². The number of aromatic nitrogens is 2. The fraction of sp³-hybridized carbons (Fsp3) is 0.292. The summed E-state index contributed by atoms with van der Waals surface area (Å²) in [6.07, 6.45) is 3.49. The van der Waals surface area contributed by atoms with E-state index in [-0.39, 0.29) is 30.5 Å². The van der Waals surface area contributed by atoms with Crippen LogP contribution in [0.3, 0.4) is 0 Å². The number of carbonyl (C=O) groups is 2. The zero-order chi connectivity index (χ0) is 21.6. The van der Waals surface area contributed by atoms with E-state index in [1.165, 1.54) is 12.1 Å². The maximum Gasteiger partial charge on any atom is 0.226 e. The Hall–Kier alpha value is -3.48. The molecule has 3 aromatic rings. The van der Waals surface area contributed by atoms with Crippen LogP contribution in [-0.2, 0) is 9.59 Å². The van der Waals surface area contributed by atoms with Crippen LogP contribution in [0.2, 0.25) is 0 Å². The summed E-state index contributed by atoms with van der Waals surface area (Å²) in [6.45, 7) is 1.55. The number of hydrogen-bond donors (Lipinski definition) is 1. The van der Waals surface area contributed by atoms with E-state index in [2.05, 4.69) is 10.4 Å². The lowest BCUT2D eigenvalue weighted by Gasteiger charge is -2.26.